The molecule has 0 radical (unpaired) electrons. The molecule has 0 saturated heterocycles. The van der Waals surface area contributed by atoms with Gasteiger partial charge in [0, 0.05) is 11.3 Å². The average Bonchev–Trinajstić information content (AvgIpc) is 3.24. The van der Waals surface area contributed by atoms with Crippen LogP contribution in [0.25, 0.3) is 0 Å². The van der Waals surface area contributed by atoms with Crippen LogP contribution >= 0.6 is 11.6 Å². The topological polar surface area (TPSA) is 103 Å². The number of hydrogen-bond donors (Lipinski definition) is 2. The molecule has 10 heteroatoms. The van der Waals surface area contributed by atoms with Crippen molar-refractivity contribution < 1.29 is 27.4 Å². The maximum absolute atomic E-state index is 13.0. The third kappa shape index (κ3) is 4.30. The van der Waals surface area contributed by atoms with Crippen LogP contribution in [0.4, 0.5) is 11.4 Å². The van der Waals surface area contributed by atoms with Gasteiger partial charge >= 0.3 is 0 Å². The van der Waals surface area contributed by atoms with E-state index in [0.29, 0.717) is 34.2 Å². The molecule has 0 fully saturated rings. The molecule has 0 saturated carbocycles. The summed E-state index contributed by atoms with van der Waals surface area (Å²) in [7, 11) is -2.50. The van der Waals surface area contributed by atoms with E-state index in [1.165, 1.54) is 25.3 Å². The maximum Gasteiger partial charge on any atom is 0.262 e. The maximum atomic E-state index is 13.0. The van der Waals surface area contributed by atoms with Crippen LogP contribution in [0, 0.1) is 6.92 Å². The first-order valence-electron chi connectivity index (χ1n) is 9.45. The van der Waals surface area contributed by atoms with Crippen LogP contribution in [0.5, 0.6) is 17.2 Å². The standard InChI is InChI=1S/C22H19ClN2O6S/c1-13-7-8-15(24-22(26)14-9-16(23)21-19(10-14)30-12-31-21)11-20(13)32(27,28)25-17-5-3-4-6-18(17)29-2/h3-11,25H,12H2,1-2H3,(H,24,26). The van der Waals surface area contributed by atoms with E-state index in [1.54, 1.807) is 43.3 Å². The number of aryl methyl sites for hydroxylation is 1. The highest BCUT2D eigenvalue weighted by Crippen LogP contribution is 2.40. The third-order valence-electron chi connectivity index (χ3n) is 4.78. The average molecular weight is 475 g/mol. The van der Waals surface area contributed by atoms with Crippen molar-refractivity contribution in [1.82, 2.24) is 0 Å². The number of methoxy groups -OCH3 is 1. The van der Waals surface area contributed by atoms with Gasteiger partial charge in [-0.3, -0.25) is 9.52 Å². The largest absolute Gasteiger partial charge is 0.495 e. The number of rotatable bonds is 6. The molecule has 0 bridgehead atoms. The van der Waals surface area contributed by atoms with Crippen molar-refractivity contribution in [3.8, 4) is 17.2 Å². The minimum absolute atomic E-state index is 0.0184. The smallest absolute Gasteiger partial charge is 0.262 e. The predicted octanol–water partition coefficient (Wildman–Crippen LogP) is 4.44. The molecule has 166 valence electrons. The first-order valence-corrected chi connectivity index (χ1v) is 11.3. The lowest BCUT2D eigenvalue weighted by atomic mass is 10.1. The van der Waals surface area contributed by atoms with Gasteiger partial charge in [-0.15, -0.1) is 0 Å². The molecule has 1 aliphatic heterocycles. The number of anilines is 2. The third-order valence-corrected chi connectivity index (χ3v) is 6.56. The van der Waals surface area contributed by atoms with E-state index in [2.05, 4.69) is 10.0 Å². The van der Waals surface area contributed by atoms with Crippen LogP contribution < -0.4 is 24.2 Å². The van der Waals surface area contributed by atoms with Crippen LogP contribution in [0.1, 0.15) is 15.9 Å². The summed E-state index contributed by atoms with van der Waals surface area (Å²) in [4.78, 5) is 12.8. The molecule has 0 atom stereocenters. The molecule has 2 N–H and O–H groups in total. The van der Waals surface area contributed by atoms with Crippen LogP contribution in [-0.4, -0.2) is 28.2 Å². The molecule has 0 aliphatic carbocycles. The van der Waals surface area contributed by atoms with Gasteiger partial charge in [0.15, 0.2) is 11.5 Å². The zero-order valence-corrected chi connectivity index (χ0v) is 18.7. The normalized spacial score (nSPS) is 12.3. The first-order chi connectivity index (χ1) is 15.3. The predicted molar refractivity (Wildman–Crippen MR) is 121 cm³/mol. The molecule has 1 heterocycles. The van der Waals surface area contributed by atoms with Crippen molar-refractivity contribution in [2.45, 2.75) is 11.8 Å². The second kappa shape index (κ2) is 8.60. The zero-order valence-electron chi connectivity index (χ0n) is 17.1. The summed E-state index contributed by atoms with van der Waals surface area (Å²) in [5, 5.41) is 2.94. The molecule has 3 aromatic carbocycles. The second-order valence-corrected chi connectivity index (χ2v) is 8.99. The summed E-state index contributed by atoms with van der Waals surface area (Å²) < 4.78 is 44.4. The summed E-state index contributed by atoms with van der Waals surface area (Å²) in [5.74, 6) is 0.665. The number of carbonyl (C=O) groups excluding carboxylic acids is 1. The highest BCUT2D eigenvalue weighted by molar-refractivity contribution is 7.92. The molecule has 0 aromatic heterocycles. The minimum Gasteiger partial charge on any atom is -0.495 e. The Balaban J connectivity index is 1.60. The van der Waals surface area contributed by atoms with E-state index in [4.69, 9.17) is 25.8 Å². The van der Waals surface area contributed by atoms with Gasteiger partial charge in [0.2, 0.25) is 6.79 Å². The van der Waals surface area contributed by atoms with Crippen molar-refractivity contribution in [2.75, 3.05) is 23.9 Å². The van der Waals surface area contributed by atoms with Gasteiger partial charge in [-0.2, -0.15) is 0 Å². The molecule has 3 aromatic rings. The highest BCUT2D eigenvalue weighted by atomic mass is 35.5. The lowest BCUT2D eigenvalue weighted by Crippen LogP contribution is -2.16. The van der Waals surface area contributed by atoms with Crippen LogP contribution in [0.3, 0.4) is 0 Å². The number of halogens is 1. The van der Waals surface area contributed by atoms with Crippen LogP contribution in [0.15, 0.2) is 59.5 Å². The SMILES string of the molecule is COc1ccccc1NS(=O)(=O)c1cc(NC(=O)c2cc(Cl)c3c(c2)OCO3)ccc1C. The van der Waals surface area contributed by atoms with Gasteiger partial charge in [0.05, 0.1) is 22.7 Å². The summed E-state index contributed by atoms with van der Waals surface area (Å²) >= 11 is 6.15. The fourth-order valence-electron chi connectivity index (χ4n) is 3.20. The van der Waals surface area contributed by atoms with Crippen molar-refractivity contribution in [3.63, 3.8) is 0 Å². The van der Waals surface area contributed by atoms with E-state index in [9.17, 15) is 13.2 Å². The molecular formula is C22H19ClN2O6S. The van der Waals surface area contributed by atoms with E-state index in [1.807, 2.05) is 0 Å². The lowest BCUT2D eigenvalue weighted by Gasteiger charge is -2.14. The highest BCUT2D eigenvalue weighted by Gasteiger charge is 2.22. The monoisotopic (exact) mass is 474 g/mol. The van der Waals surface area contributed by atoms with E-state index in [-0.39, 0.29) is 22.3 Å². The summed E-state index contributed by atoms with van der Waals surface area (Å²) in [6, 6.07) is 14.3. The number of nitrogens with one attached hydrogen (secondary N) is 2. The minimum atomic E-state index is -3.95. The van der Waals surface area contributed by atoms with Crippen molar-refractivity contribution in [2.24, 2.45) is 0 Å². The van der Waals surface area contributed by atoms with Crippen LogP contribution in [-0.2, 0) is 10.0 Å². The fraction of sp³-hybridized carbons (Fsp3) is 0.136. The number of para-hydroxylation sites is 2. The van der Waals surface area contributed by atoms with Crippen molar-refractivity contribution in [1.29, 1.82) is 0 Å². The van der Waals surface area contributed by atoms with Gasteiger partial charge in [-0.1, -0.05) is 29.8 Å². The molecule has 8 nitrogen and oxygen atoms in total. The van der Waals surface area contributed by atoms with Gasteiger partial charge in [0.25, 0.3) is 15.9 Å². The molecule has 4 rings (SSSR count). The molecule has 32 heavy (non-hydrogen) atoms. The van der Waals surface area contributed by atoms with Crippen molar-refractivity contribution >= 4 is 38.9 Å². The number of fused-ring (bicyclic) bond motifs is 1. The Hall–Kier alpha value is -3.43. The Bertz CT molecular complexity index is 1310. The number of amides is 1. The van der Waals surface area contributed by atoms with Crippen LogP contribution in [0.2, 0.25) is 5.02 Å². The summed E-state index contributed by atoms with van der Waals surface area (Å²) in [5.41, 5.74) is 1.36. The number of carbonyl (C=O) groups is 1. The summed E-state index contributed by atoms with van der Waals surface area (Å²) in [6.07, 6.45) is 0. The number of ether oxygens (including phenoxy) is 3. The zero-order chi connectivity index (χ0) is 22.9. The van der Waals surface area contributed by atoms with Gasteiger partial charge < -0.3 is 19.5 Å². The van der Waals surface area contributed by atoms with Crippen molar-refractivity contribution in [3.05, 3.63) is 70.7 Å². The number of sulfonamides is 1. The lowest BCUT2D eigenvalue weighted by molar-refractivity contribution is 0.102. The van der Waals surface area contributed by atoms with E-state index in [0.717, 1.165) is 0 Å². The quantitative estimate of drug-likeness (QED) is 0.547. The molecular weight excluding hydrogens is 456 g/mol. The molecule has 1 amide bonds. The molecule has 0 spiro atoms. The Labute approximate surface area is 190 Å². The Kier molecular flexibility index (Phi) is 5.86. The van der Waals surface area contributed by atoms with E-state index < -0.39 is 15.9 Å². The second-order valence-electron chi connectivity index (χ2n) is 6.93. The number of hydrogen-bond acceptors (Lipinski definition) is 6. The van der Waals surface area contributed by atoms with Gasteiger partial charge in [-0.25, -0.2) is 8.42 Å². The fourth-order valence-corrected chi connectivity index (χ4v) is 4.81. The number of benzene rings is 3. The van der Waals surface area contributed by atoms with Gasteiger partial charge in [-0.05, 0) is 48.9 Å². The Morgan fingerprint density at radius 2 is 1.88 bits per heavy atom. The Morgan fingerprint density at radius 1 is 1.09 bits per heavy atom. The summed E-state index contributed by atoms with van der Waals surface area (Å²) in [6.45, 7) is 1.69. The molecule has 1 aliphatic rings. The molecule has 0 unspecified atom stereocenters. The Morgan fingerprint density at radius 3 is 2.66 bits per heavy atom. The van der Waals surface area contributed by atoms with Gasteiger partial charge in [0.1, 0.15) is 5.75 Å². The first kappa shape index (κ1) is 21.8. The van der Waals surface area contributed by atoms with E-state index >= 15 is 0 Å².